The Labute approximate surface area is 65.7 Å². The molecule has 4 nitrogen and oxygen atoms in total. The summed E-state index contributed by atoms with van der Waals surface area (Å²) >= 11 is 0. The van der Waals surface area contributed by atoms with Gasteiger partial charge in [0.1, 0.15) is 5.84 Å². The fraction of sp³-hybridized carbons (Fsp3) is 0.857. The van der Waals surface area contributed by atoms with Gasteiger partial charge in [0, 0.05) is 5.92 Å². The molecule has 1 fully saturated rings. The summed E-state index contributed by atoms with van der Waals surface area (Å²) in [5.41, 5.74) is 5.40. The maximum Gasteiger partial charge on any atom is 0.142 e. The Balaban J connectivity index is 2.46. The van der Waals surface area contributed by atoms with Gasteiger partial charge in [0.25, 0.3) is 0 Å². The topological polar surface area (TPSA) is 78.8 Å². The first kappa shape index (κ1) is 8.33. The molecule has 0 aromatic heterocycles. The summed E-state index contributed by atoms with van der Waals surface area (Å²) in [6.45, 7) is 0. The van der Waals surface area contributed by atoms with Crippen LogP contribution in [0, 0.1) is 5.92 Å². The lowest BCUT2D eigenvalue weighted by atomic mass is 9.87. The number of aliphatic hydroxyl groups is 1. The minimum atomic E-state index is -0.269. The maximum absolute atomic E-state index is 9.23. The summed E-state index contributed by atoms with van der Waals surface area (Å²) in [7, 11) is 0. The molecule has 1 aliphatic carbocycles. The first-order chi connectivity index (χ1) is 5.24. The Morgan fingerprint density at radius 1 is 1.45 bits per heavy atom. The van der Waals surface area contributed by atoms with Gasteiger partial charge in [0.05, 0.1) is 6.10 Å². The molecule has 0 aromatic carbocycles. The quantitative estimate of drug-likeness (QED) is 0.222. The molecule has 2 unspecified atom stereocenters. The molecule has 0 bridgehead atoms. The van der Waals surface area contributed by atoms with Crippen molar-refractivity contribution in [3.8, 4) is 0 Å². The van der Waals surface area contributed by atoms with Crippen LogP contribution in [0.15, 0.2) is 5.16 Å². The average Bonchev–Trinajstić information content (AvgIpc) is 2.03. The number of aliphatic hydroxyl groups excluding tert-OH is 1. The van der Waals surface area contributed by atoms with E-state index in [-0.39, 0.29) is 17.9 Å². The molecule has 0 aromatic rings. The van der Waals surface area contributed by atoms with Gasteiger partial charge in [-0.3, -0.25) is 0 Å². The number of amidine groups is 1. The molecule has 1 aliphatic rings. The number of rotatable bonds is 1. The summed E-state index contributed by atoms with van der Waals surface area (Å²) in [6, 6.07) is 0. The third-order valence-electron chi connectivity index (χ3n) is 2.18. The SMILES string of the molecule is N/C(=N\O)C1CCCC(O)C1. The van der Waals surface area contributed by atoms with E-state index in [0.29, 0.717) is 6.42 Å². The van der Waals surface area contributed by atoms with E-state index in [4.69, 9.17) is 10.9 Å². The normalized spacial score (nSPS) is 33.7. The van der Waals surface area contributed by atoms with Crippen molar-refractivity contribution < 1.29 is 10.3 Å². The predicted molar refractivity (Wildman–Crippen MR) is 41.4 cm³/mol. The standard InChI is InChI=1S/C7H14N2O2/c8-7(9-11)5-2-1-3-6(10)4-5/h5-6,10-11H,1-4H2,(H2,8,9). The van der Waals surface area contributed by atoms with Crippen LogP contribution in [0.3, 0.4) is 0 Å². The molecule has 0 saturated heterocycles. The molecule has 0 aliphatic heterocycles. The molecule has 64 valence electrons. The summed E-state index contributed by atoms with van der Waals surface area (Å²) in [6.07, 6.45) is 3.09. The monoisotopic (exact) mass is 158 g/mol. The Morgan fingerprint density at radius 2 is 2.18 bits per heavy atom. The Bertz CT molecular complexity index is 159. The average molecular weight is 158 g/mol. The largest absolute Gasteiger partial charge is 0.409 e. The first-order valence-electron chi connectivity index (χ1n) is 3.89. The molecular weight excluding hydrogens is 144 g/mol. The minimum absolute atomic E-state index is 0.0729. The first-order valence-corrected chi connectivity index (χ1v) is 3.89. The van der Waals surface area contributed by atoms with Gasteiger partial charge in [-0.1, -0.05) is 11.6 Å². The molecule has 0 heterocycles. The molecule has 4 N–H and O–H groups in total. The minimum Gasteiger partial charge on any atom is -0.409 e. The highest BCUT2D eigenvalue weighted by Crippen LogP contribution is 2.23. The zero-order chi connectivity index (χ0) is 8.27. The second kappa shape index (κ2) is 3.57. The second-order valence-electron chi connectivity index (χ2n) is 3.04. The van der Waals surface area contributed by atoms with Crippen LogP contribution in [0.2, 0.25) is 0 Å². The zero-order valence-corrected chi connectivity index (χ0v) is 6.40. The Kier molecular flexibility index (Phi) is 2.70. The molecule has 2 atom stereocenters. The smallest absolute Gasteiger partial charge is 0.142 e. The predicted octanol–water partition coefficient (Wildman–Crippen LogP) is 0.284. The summed E-state index contributed by atoms with van der Waals surface area (Å²) in [5.74, 6) is 0.326. The van der Waals surface area contributed by atoms with E-state index in [1.165, 1.54) is 0 Å². The summed E-state index contributed by atoms with van der Waals surface area (Å²) < 4.78 is 0. The van der Waals surface area contributed by atoms with Crippen LogP contribution in [-0.2, 0) is 0 Å². The van der Waals surface area contributed by atoms with Crippen molar-refractivity contribution in [3.63, 3.8) is 0 Å². The fourth-order valence-corrected chi connectivity index (χ4v) is 1.51. The van der Waals surface area contributed by atoms with Crippen molar-refractivity contribution in [2.75, 3.05) is 0 Å². The third kappa shape index (κ3) is 2.08. The highest BCUT2D eigenvalue weighted by molar-refractivity contribution is 5.82. The van der Waals surface area contributed by atoms with E-state index in [0.717, 1.165) is 19.3 Å². The van der Waals surface area contributed by atoms with Crippen molar-refractivity contribution in [3.05, 3.63) is 0 Å². The van der Waals surface area contributed by atoms with Crippen molar-refractivity contribution >= 4 is 5.84 Å². The molecule has 1 rings (SSSR count). The number of hydrogen-bond acceptors (Lipinski definition) is 3. The Hall–Kier alpha value is -0.770. The number of nitrogens with zero attached hydrogens (tertiary/aromatic N) is 1. The second-order valence-corrected chi connectivity index (χ2v) is 3.04. The van der Waals surface area contributed by atoms with Crippen LogP contribution >= 0.6 is 0 Å². The lowest BCUT2D eigenvalue weighted by Gasteiger charge is -2.24. The molecule has 0 radical (unpaired) electrons. The van der Waals surface area contributed by atoms with E-state index in [2.05, 4.69) is 5.16 Å². The molecular formula is C7H14N2O2. The van der Waals surface area contributed by atoms with Crippen LogP contribution in [0.5, 0.6) is 0 Å². The number of hydrogen-bond donors (Lipinski definition) is 3. The van der Waals surface area contributed by atoms with E-state index in [1.807, 2.05) is 0 Å². The Morgan fingerprint density at radius 3 is 2.73 bits per heavy atom. The summed E-state index contributed by atoms with van der Waals surface area (Å²) in [5, 5.41) is 20.5. The van der Waals surface area contributed by atoms with Crippen molar-refractivity contribution in [1.29, 1.82) is 0 Å². The zero-order valence-electron chi connectivity index (χ0n) is 6.40. The van der Waals surface area contributed by atoms with Gasteiger partial charge in [-0.05, 0) is 19.3 Å². The fourth-order valence-electron chi connectivity index (χ4n) is 1.51. The number of oxime groups is 1. The van der Waals surface area contributed by atoms with E-state index < -0.39 is 0 Å². The van der Waals surface area contributed by atoms with Gasteiger partial charge < -0.3 is 16.0 Å². The van der Waals surface area contributed by atoms with Crippen LogP contribution in [0.4, 0.5) is 0 Å². The van der Waals surface area contributed by atoms with Gasteiger partial charge in [-0.15, -0.1) is 0 Å². The van der Waals surface area contributed by atoms with Crippen LogP contribution in [0.25, 0.3) is 0 Å². The van der Waals surface area contributed by atoms with Crippen molar-refractivity contribution in [2.45, 2.75) is 31.8 Å². The highest BCUT2D eigenvalue weighted by Gasteiger charge is 2.22. The van der Waals surface area contributed by atoms with E-state index >= 15 is 0 Å². The van der Waals surface area contributed by atoms with Crippen molar-refractivity contribution in [2.24, 2.45) is 16.8 Å². The lowest BCUT2D eigenvalue weighted by molar-refractivity contribution is 0.116. The molecule has 4 heteroatoms. The van der Waals surface area contributed by atoms with Gasteiger partial charge in [0.15, 0.2) is 0 Å². The summed E-state index contributed by atoms with van der Waals surface area (Å²) in [4.78, 5) is 0. The van der Waals surface area contributed by atoms with Crippen LogP contribution in [0.1, 0.15) is 25.7 Å². The van der Waals surface area contributed by atoms with Crippen molar-refractivity contribution in [1.82, 2.24) is 0 Å². The molecule has 0 amide bonds. The van der Waals surface area contributed by atoms with Crippen LogP contribution in [-0.4, -0.2) is 22.3 Å². The van der Waals surface area contributed by atoms with Crippen LogP contribution < -0.4 is 5.73 Å². The highest BCUT2D eigenvalue weighted by atomic mass is 16.4. The van der Waals surface area contributed by atoms with Gasteiger partial charge >= 0.3 is 0 Å². The third-order valence-corrected chi connectivity index (χ3v) is 2.18. The van der Waals surface area contributed by atoms with Gasteiger partial charge in [-0.25, -0.2) is 0 Å². The van der Waals surface area contributed by atoms with Gasteiger partial charge in [0.2, 0.25) is 0 Å². The molecule has 1 saturated carbocycles. The van der Waals surface area contributed by atoms with E-state index in [9.17, 15) is 5.11 Å². The maximum atomic E-state index is 9.23. The molecule has 0 spiro atoms. The van der Waals surface area contributed by atoms with E-state index in [1.54, 1.807) is 0 Å². The molecule has 11 heavy (non-hydrogen) atoms. The van der Waals surface area contributed by atoms with Gasteiger partial charge in [-0.2, -0.15) is 0 Å². The lowest BCUT2D eigenvalue weighted by Crippen LogP contribution is -2.30. The number of nitrogens with two attached hydrogens (primary N) is 1.